The van der Waals surface area contributed by atoms with Gasteiger partial charge in [-0.2, -0.15) is 0 Å². The van der Waals surface area contributed by atoms with Crippen molar-refractivity contribution in [1.29, 1.82) is 0 Å². The Morgan fingerprint density at radius 3 is 2.93 bits per heavy atom. The molecule has 4 rings (SSSR count). The van der Waals surface area contributed by atoms with Crippen LogP contribution in [0.3, 0.4) is 0 Å². The topological polar surface area (TPSA) is 76.0 Å². The Bertz CT molecular complexity index is 962. The zero-order valence-corrected chi connectivity index (χ0v) is 17.3. The van der Waals surface area contributed by atoms with E-state index in [0.717, 1.165) is 36.0 Å². The first-order valence-electron chi connectivity index (χ1n) is 10.5. The highest BCUT2D eigenvalue weighted by Gasteiger charge is 2.33. The number of aliphatic hydroxyl groups is 1. The normalized spacial score (nSPS) is 21.3. The number of aliphatic carboxylic acids is 1. The van der Waals surface area contributed by atoms with Gasteiger partial charge in [-0.05, 0) is 55.4 Å². The molecule has 0 saturated heterocycles. The van der Waals surface area contributed by atoms with Gasteiger partial charge < -0.3 is 19.7 Å². The molecule has 30 heavy (non-hydrogen) atoms. The molecule has 1 aliphatic heterocycles. The average Bonchev–Trinajstić information content (AvgIpc) is 3.30. The van der Waals surface area contributed by atoms with Crippen molar-refractivity contribution in [2.24, 2.45) is 0 Å². The predicted octanol–water partition coefficient (Wildman–Crippen LogP) is 4.88. The van der Waals surface area contributed by atoms with Crippen LogP contribution in [-0.4, -0.2) is 22.8 Å². The third kappa shape index (κ3) is 3.94. The van der Waals surface area contributed by atoms with Crippen LogP contribution in [0.25, 0.3) is 0 Å². The Kier molecular flexibility index (Phi) is 5.56. The second-order valence-corrected chi connectivity index (χ2v) is 8.43. The minimum atomic E-state index is -0.894. The average molecular weight is 408 g/mol. The Labute approximate surface area is 177 Å². The van der Waals surface area contributed by atoms with Crippen LogP contribution in [0.4, 0.5) is 0 Å². The summed E-state index contributed by atoms with van der Waals surface area (Å²) in [6.07, 6.45) is 4.93. The molecule has 0 radical (unpaired) electrons. The van der Waals surface area contributed by atoms with Gasteiger partial charge in [-0.1, -0.05) is 30.3 Å². The fraction of sp³-hybridized carbons (Fsp3) is 0.400. The minimum Gasteiger partial charge on any atom is -0.492 e. The second-order valence-electron chi connectivity index (χ2n) is 8.43. The molecule has 2 aromatic carbocycles. The molecule has 2 aromatic rings. The molecular weight excluding hydrogens is 380 g/mol. The van der Waals surface area contributed by atoms with E-state index in [1.165, 1.54) is 5.56 Å². The molecule has 0 saturated carbocycles. The number of carboxylic acids is 1. The van der Waals surface area contributed by atoms with E-state index < -0.39 is 11.6 Å². The van der Waals surface area contributed by atoms with E-state index in [1.54, 1.807) is 0 Å². The van der Waals surface area contributed by atoms with Gasteiger partial charge in [0.05, 0.1) is 18.6 Å². The number of carboxylic acid groups (broad SMARTS) is 1. The van der Waals surface area contributed by atoms with Crippen molar-refractivity contribution in [3.8, 4) is 11.5 Å². The number of hydrogen-bond acceptors (Lipinski definition) is 4. The fourth-order valence-corrected chi connectivity index (χ4v) is 4.64. The smallest absolute Gasteiger partial charge is 0.304 e. The molecule has 1 heterocycles. The van der Waals surface area contributed by atoms with Crippen LogP contribution in [0.5, 0.6) is 11.5 Å². The maximum Gasteiger partial charge on any atom is 0.304 e. The van der Waals surface area contributed by atoms with Gasteiger partial charge in [0.1, 0.15) is 17.6 Å². The summed E-state index contributed by atoms with van der Waals surface area (Å²) >= 11 is 0. The Morgan fingerprint density at radius 2 is 2.17 bits per heavy atom. The van der Waals surface area contributed by atoms with Crippen LogP contribution in [0.2, 0.25) is 0 Å². The first-order valence-corrected chi connectivity index (χ1v) is 10.5. The van der Waals surface area contributed by atoms with E-state index in [0.29, 0.717) is 24.5 Å². The van der Waals surface area contributed by atoms with E-state index in [1.807, 2.05) is 43.3 Å². The van der Waals surface area contributed by atoms with Gasteiger partial charge in [0.25, 0.3) is 0 Å². The van der Waals surface area contributed by atoms with Crippen LogP contribution in [0, 0.1) is 0 Å². The van der Waals surface area contributed by atoms with Crippen LogP contribution >= 0.6 is 0 Å². The number of ether oxygens (including phenoxy) is 2. The van der Waals surface area contributed by atoms with E-state index in [-0.39, 0.29) is 18.4 Å². The molecule has 2 unspecified atom stereocenters. The van der Waals surface area contributed by atoms with Crippen LogP contribution in [-0.2, 0) is 16.8 Å². The number of hydrogen-bond donors (Lipinski definition) is 2. The van der Waals surface area contributed by atoms with Gasteiger partial charge in [-0.3, -0.25) is 4.79 Å². The molecule has 2 N–H and O–H groups in total. The zero-order chi connectivity index (χ0) is 21.3. The molecule has 0 aromatic heterocycles. The summed E-state index contributed by atoms with van der Waals surface area (Å²) < 4.78 is 12.0. The van der Waals surface area contributed by atoms with E-state index >= 15 is 0 Å². The monoisotopic (exact) mass is 408 g/mol. The number of rotatable bonds is 8. The summed E-state index contributed by atoms with van der Waals surface area (Å²) in [6, 6.07) is 11.7. The Balaban J connectivity index is 1.53. The molecule has 0 fully saturated rings. The molecule has 5 nitrogen and oxygen atoms in total. The lowest BCUT2D eigenvalue weighted by Gasteiger charge is -2.26. The number of carbonyl (C=O) groups is 1. The quantitative estimate of drug-likeness (QED) is 0.609. The first kappa shape index (κ1) is 20.5. The van der Waals surface area contributed by atoms with Gasteiger partial charge in [0.15, 0.2) is 0 Å². The number of benzene rings is 2. The summed E-state index contributed by atoms with van der Waals surface area (Å²) in [5.74, 6) is 0.489. The van der Waals surface area contributed by atoms with Crippen LogP contribution in [0.15, 0.2) is 49.1 Å². The summed E-state index contributed by atoms with van der Waals surface area (Å²) in [4.78, 5) is 11.0. The van der Waals surface area contributed by atoms with Crippen molar-refractivity contribution in [3.63, 3.8) is 0 Å². The lowest BCUT2D eigenvalue weighted by molar-refractivity contribution is -0.137. The summed E-state index contributed by atoms with van der Waals surface area (Å²) in [6.45, 7) is 6.02. The van der Waals surface area contributed by atoms with Crippen molar-refractivity contribution < 1.29 is 24.5 Å². The Hall–Kier alpha value is -2.79. The van der Waals surface area contributed by atoms with Crippen molar-refractivity contribution >= 4 is 5.97 Å². The standard InChI is InChI=1S/C25H28O5/c1-3-4-12-25(2,28)21-7-5-6-20-19(21)10-11-22(20)30-17-8-9-18-16(13-24(26)27)15-29-23(18)14-17/h3,5-9,14,16,22,28H,1,4,10-13,15H2,2H3,(H,26,27)/t16?,22-,25?/m1/s1. The molecule has 3 atom stereocenters. The third-order valence-corrected chi connectivity index (χ3v) is 6.20. The molecule has 1 aliphatic carbocycles. The molecular formula is C25H28O5. The van der Waals surface area contributed by atoms with Gasteiger partial charge in [0, 0.05) is 17.5 Å². The highest BCUT2D eigenvalue weighted by Crippen LogP contribution is 2.43. The van der Waals surface area contributed by atoms with Crippen LogP contribution < -0.4 is 9.47 Å². The maximum atomic E-state index is 11.0. The fourth-order valence-electron chi connectivity index (χ4n) is 4.64. The van der Waals surface area contributed by atoms with E-state index in [2.05, 4.69) is 12.6 Å². The predicted molar refractivity (Wildman–Crippen MR) is 114 cm³/mol. The van der Waals surface area contributed by atoms with Gasteiger partial charge in [-0.25, -0.2) is 0 Å². The molecule has 2 aliphatic rings. The molecule has 158 valence electrons. The first-order chi connectivity index (χ1) is 14.4. The number of allylic oxidation sites excluding steroid dienone is 1. The van der Waals surface area contributed by atoms with Crippen molar-refractivity contribution in [3.05, 3.63) is 71.3 Å². The number of fused-ring (bicyclic) bond motifs is 2. The van der Waals surface area contributed by atoms with Crippen molar-refractivity contribution in [1.82, 2.24) is 0 Å². The highest BCUT2D eigenvalue weighted by molar-refractivity contribution is 5.68. The Morgan fingerprint density at radius 1 is 1.33 bits per heavy atom. The molecule has 0 spiro atoms. The SMILES string of the molecule is C=CCCC(C)(O)c1cccc2c1CC[C@H]2Oc1ccc2c(c1)OCC2CC(=O)O. The lowest BCUT2D eigenvalue weighted by atomic mass is 9.86. The van der Waals surface area contributed by atoms with Gasteiger partial charge >= 0.3 is 5.97 Å². The third-order valence-electron chi connectivity index (χ3n) is 6.20. The molecule has 5 heteroatoms. The largest absolute Gasteiger partial charge is 0.492 e. The summed E-state index contributed by atoms with van der Waals surface area (Å²) in [7, 11) is 0. The summed E-state index contributed by atoms with van der Waals surface area (Å²) in [5, 5.41) is 20.1. The minimum absolute atomic E-state index is 0.0672. The van der Waals surface area contributed by atoms with Crippen LogP contribution in [0.1, 0.15) is 66.9 Å². The van der Waals surface area contributed by atoms with Gasteiger partial charge in [-0.15, -0.1) is 6.58 Å². The summed E-state index contributed by atoms with van der Waals surface area (Å²) in [5.41, 5.74) is 3.31. The van der Waals surface area contributed by atoms with Crippen molar-refractivity contribution in [2.45, 2.75) is 56.7 Å². The lowest BCUT2D eigenvalue weighted by Crippen LogP contribution is -2.22. The van der Waals surface area contributed by atoms with Crippen molar-refractivity contribution in [2.75, 3.05) is 6.61 Å². The van der Waals surface area contributed by atoms with E-state index in [9.17, 15) is 9.90 Å². The molecule has 0 amide bonds. The molecule has 0 bridgehead atoms. The highest BCUT2D eigenvalue weighted by atomic mass is 16.5. The zero-order valence-electron chi connectivity index (χ0n) is 17.3. The maximum absolute atomic E-state index is 11.0. The second kappa shape index (κ2) is 8.15. The van der Waals surface area contributed by atoms with E-state index in [4.69, 9.17) is 14.6 Å². The van der Waals surface area contributed by atoms with Gasteiger partial charge in [0.2, 0.25) is 0 Å².